The number of hydrogen-bond donors (Lipinski definition) is 2. The molecule has 38 valence electrons. The Kier molecular flexibility index (Phi) is 9.53. The molecule has 0 heterocycles. The first-order chi connectivity index (χ1) is 2.77. The molecule has 0 saturated heterocycles. The summed E-state index contributed by atoms with van der Waals surface area (Å²) in [6.07, 6.45) is 1.30. The van der Waals surface area contributed by atoms with Gasteiger partial charge in [-0.3, -0.25) is 0 Å². The summed E-state index contributed by atoms with van der Waals surface area (Å²) >= 11 is 4.20. The van der Waals surface area contributed by atoms with Gasteiger partial charge in [-0.25, -0.2) is 0 Å². The molecule has 0 rings (SSSR count). The van der Waals surface area contributed by atoms with Crippen molar-refractivity contribution >= 4 is 23.7 Å². The second-order valence-electron chi connectivity index (χ2n) is 0.591. The first-order valence-electron chi connectivity index (χ1n) is 1.20. The maximum absolute atomic E-state index is 9.21. The Morgan fingerprint density at radius 1 is 1.86 bits per heavy atom. The Labute approximate surface area is 70.4 Å². The summed E-state index contributed by atoms with van der Waals surface area (Å²) in [5.41, 5.74) is 4.76. The zero-order valence-electron chi connectivity index (χ0n) is 3.39. The maximum Gasteiger partial charge on any atom is 0.0709 e. The van der Waals surface area contributed by atoms with Crippen LogP contribution >= 0.6 is 12.2 Å². The van der Waals surface area contributed by atoms with Crippen LogP contribution in [0.4, 0.5) is 0 Å². The number of nitrogens with two attached hydrogens (primary N) is 1. The van der Waals surface area contributed by atoms with Crippen molar-refractivity contribution in [3.8, 4) is 0 Å². The molecule has 3 N–H and O–H groups in total. The largest absolute Gasteiger partial charge is 0.468 e. The fourth-order valence-electron chi connectivity index (χ4n) is 0.0503. The second-order valence-corrected chi connectivity index (χ2v) is 1.03. The van der Waals surface area contributed by atoms with Gasteiger partial charge in [0, 0.05) is 36.2 Å². The van der Waals surface area contributed by atoms with E-state index in [2.05, 4.69) is 12.2 Å². The van der Waals surface area contributed by atoms with Crippen LogP contribution in [0.1, 0.15) is 0 Å². The molecule has 1 amide bonds. The molecular formula is C2H3N2OSU-. The zero-order valence-corrected chi connectivity index (χ0v) is 8.37. The summed E-state index contributed by atoms with van der Waals surface area (Å²) in [6, 6.07) is 0. The van der Waals surface area contributed by atoms with Crippen molar-refractivity contribution in [3.63, 3.8) is 0 Å². The molecule has 0 spiro atoms. The van der Waals surface area contributed by atoms with E-state index in [-0.39, 0.29) is 36.2 Å². The van der Waals surface area contributed by atoms with E-state index in [1.165, 1.54) is 6.41 Å². The summed E-state index contributed by atoms with van der Waals surface area (Å²) in [4.78, 5) is 9.21. The van der Waals surface area contributed by atoms with Gasteiger partial charge in [-0.05, 0) is 0 Å². The van der Waals surface area contributed by atoms with Crippen LogP contribution < -0.4 is 11.1 Å². The van der Waals surface area contributed by atoms with Crippen molar-refractivity contribution in [2.75, 3.05) is 0 Å². The van der Waals surface area contributed by atoms with Gasteiger partial charge in [-0.15, -0.1) is 0 Å². The Morgan fingerprint density at radius 2 is 2.29 bits per heavy atom. The molecule has 0 aliphatic rings. The van der Waals surface area contributed by atoms with Crippen LogP contribution in [0.5, 0.6) is 0 Å². The molecule has 7 heavy (non-hydrogen) atoms. The molecule has 0 saturated carbocycles. The van der Waals surface area contributed by atoms with E-state index in [4.69, 9.17) is 5.73 Å². The minimum Gasteiger partial charge on any atom is -0.468 e. The number of thiocarbonyl (C=S) groups is 1. The predicted molar refractivity (Wildman–Crippen MR) is 25.6 cm³/mol. The van der Waals surface area contributed by atoms with Gasteiger partial charge in [-0.2, -0.15) is 12.2 Å². The fraction of sp³-hybridized carbons (Fsp3) is 0. The third-order valence-corrected chi connectivity index (χ3v) is 0.276. The van der Waals surface area contributed by atoms with Crippen LogP contribution in [0, 0.1) is 31.1 Å². The molecule has 0 bridgehead atoms. The number of amides is 1. The summed E-state index contributed by atoms with van der Waals surface area (Å²) < 4.78 is 0. The van der Waals surface area contributed by atoms with Crippen LogP contribution in [0.3, 0.4) is 0 Å². The SMILES string of the molecule is NC(=S)N[C-]=O.[U]. The van der Waals surface area contributed by atoms with Crippen LogP contribution in [0.25, 0.3) is 0 Å². The van der Waals surface area contributed by atoms with Gasteiger partial charge in [0.15, 0.2) is 0 Å². The van der Waals surface area contributed by atoms with Gasteiger partial charge >= 0.3 is 0 Å². The summed E-state index contributed by atoms with van der Waals surface area (Å²) in [7, 11) is 0. The van der Waals surface area contributed by atoms with Crippen molar-refractivity contribution in [2.45, 2.75) is 0 Å². The van der Waals surface area contributed by atoms with Crippen LogP contribution in [-0.2, 0) is 4.79 Å². The quantitative estimate of drug-likeness (QED) is 0.361. The first-order valence-corrected chi connectivity index (χ1v) is 1.61. The van der Waals surface area contributed by atoms with Gasteiger partial charge in [-0.1, -0.05) is 0 Å². The van der Waals surface area contributed by atoms with E-state index < -0.39 is 0 Å². The standard InChI is InChI=1S/C2H3N2OS.U/c3-2(6)4-1-5;/h(H3,3,4,5,6);/q-1;. The molecule has 3 nitrogen and oxygen atoms in total. The topological polar surface area (TPSA) is 55.1 Å². The van der Waals surface area contributed by atoms with Crippen molar-refractivity contribution in [2.24, 2.45) is 5.73 Å². The molecule has 0 aromatic rings. The van der Waals surface area contributed by atoms with Crippen molar-refractivity contribution < 1.29 is 35.9 Å². The van der Waals surface area contributed by atoms with E-state index in [9.17, 15) is 4.79 Å². The van der Waals surface area contributed by atoms with E-state index in [0.717, 1.165) is 0 Å². The Bertz CT molecular complexity index is 76.1. The second kappa shape index (κ2) is 6.41. The van der Waals surface area contributed by atoms with Crippen molar-refractivity contribution in [1.82, 2.24) is 5.32 Å². The maximum atomic E-state index is 9.21. The average Bonchev–Trinajstić information content (AvgIpc) is 1.35. The Morgan fingerprint density at radius 3 is 2.29 bits per heavy atom. The van der Waals surface area contributed by atoms with Crippen molar-refractivity contribution in [3.05, 3.63) is 0 Å². The number of hydrogen-bond acceptors (Lipinski definition) is 2. The molecule has 0 fully saturated rings. The monoisotopic (exact) mass is 341 g/mol. The molecular weight excluding hydrogens is 338 g/mol. The van der Waals surface area contributed by atoms with Crippen molar-refractivity contribution in [1.29, 1.82) is 0 Å². The van der Waals surface area contributed by atoms with E-state index in [0.29, 0.717) is 0 Å². The minimum atomic E-state index is -0.0509. The van der Waals surface area contributed by atoms with Crippen LogP contribution in [0.2, 0.25) is 0 Å². The number of carbonyl (C=O) groups excluding carboxylic acids is 1. The smallest absolute Gasteiger partial charge is 0.0709 e. The third-order valence-electron chi connectivity index (χ3n) is 0.174. The molecule has 0 aliphatic carbocycles. The first kappa shape index (κ1) is 10.4. The fourth-order valence-corrected chi connectivity index (χ4v) is 0.0920. The molecule has 0 radical (unpaired) electrons. The van der Waals surface area contributed by atoms with E-state index in [1.807, 2.05) is 5.32 Å². The Hall–Kier alpha value is 0.412. The molecule has 0 aliphatic heterocycles. The minimum absolute atomic E-state index is 0. The molecule has 0 unspecified atom stereocenters. The van der Waals surface area contributed by atoms with E-state index in [1.54, 1.807) is 0 Å². The molecule has 5 heteroatoms. The third kappa shape index (κ3) is 10.7. The van der Waals surface area contributed by atoms with Gasteiger partial charge in [0.1, 0.15) is 0 Å². The number of rotatable bonds is 1. The molecule has 0 aromatic carbocycles. The molecule has 0 aromatic heterocycles. The normalized spacial score (nSPS) is 5.71. The van der Waals surface area contributed by atoms with Crippen LogP contribution in [-0.4, -0.2) is 11.5 Å². The zero-order chi connectivity index (χ0) is 4.99. The summed E-state index contributed by atoms with van der Waals surface area (Å²) in [6.45, 7) is 0. The van der Waals surface area contributed by atoms with Gasteiger partial charge in [0.2, 0.25) is 0 Å². The van der Waals surface area contributed by atoms with Crippen LogP contribution in [0.15, 0.2) is 0 Å². The van der Waals surface area contributed by atoms with Gasteiger partial charge < -0.3 is 15.8 Å². The Balaban J connectivity index is 0. The summed E-state index contributed by atoms with van der Waals surface area (Å²) in [5, 5.41) is 1.86. The van der Waals surface area contributed by atoms with Gasteiger partial charge in [0.05, 0.1) is 6.41 Å². The molecule has 0 atom stereocenters. The van der Waals surface area contributed by atoms with Gasteiger partial charge in [0.25, 0.3) is 0 Å². The summed E-state index contributed by atoms with van der Waals surface area (Å²) in [5.74, 6) is 0. The van der Waals surface area contributed by atoms with E-state index >= 15 is 0 Å². The number of nitrogens with one attached hydrogen (secondary N) is 1. The predicted octanol–water partition coefficient (Wildman–Crippen LogP) is -1.11. The average molecular weight is 341 g/mol.